The maximum Gasteiger partial charge on any atom is 0.351 e. The Balaban J connectivity index is 2.28. The lowest BCUT2D eigenvalue weighted by Gasteiger charge is -2.21. The zero-order valence-corrected chi connectivity index (χ0v) is 11.4. The van der Waals surface area contributed by atoms with Crippen LogP contribution in [0, 0.1) is 0 Å². The molecule has 0 unspecified atom stereocenters. The third-order valence-electron chi connectivity index (χ3n) is 3.20. The molecule has 2 rings (SSSR count). The van der Waals surface area contributed by atoms with Crippen LogP contribution in [0.5, 0.6) is 0 Å². The molecule has 3 N–H and O–H groups in total. The van der Waals surface area contributed by atoms with Crippen LogP contribution in [-0.4, -0.2) is 51.0 Å². The Labute approximate surface area is 119 Å². The topological polar surface area (TPSA) is 96.6 Å². The molecule has 2 heterocycles. The molecule has 1 aromatic rings. The standard InChI is InChI=1S/C12H17F2N3O4/c1-2-4-15-8-3-5-17(11(20)16-8)10-12(13,14)9(19)7(6-18)21-10/h3,5,7,9-10,18-19H,2,4,6H2,1H3,(H,15,16,20)/t7-,9-,10-/m1/s1. The Morgan fingerprint density at radius 1 is 1.57 bits per heavy atom. The second-order valence-corrected chi connectivity index (χ2v) is 4.76. The van der Waals surface area contributed by atoms with E-state index in [1.807, 2.05) is 6.92 Å². The van der Waals surface area contributed by atoms with Crippen molar-refractivity contribution in [2.24, 2.45) is 0 Å². The van der Waals surface area contributed by atoms with Gasteiger partial charge in [0.1, 0.15) is 11.9 Å². The monoisotopic (exact) mass is 305 g/mol. The molecule has 0 radical (unpaired) electrons. The number of aliphatic hydroxyl groups is 2. The first-order chi connectivity index (χ1) is 9.91. The van der Waals surface area contributed by atoms with Gasteiger partial charge in [0.2, 0.25) is 6.23 Å². The van der Waals surface area contributed by atoms with Crippen LogP contribution in [0.3, 0.4) is 0 Å². The summed E-state index contributed by atoms with van der Waals surface area (Å²) in [6, 6.07) is 1.37. The summed E-state index contributed by atoms with van der Waals surface area (Å²) in [7, 11) is 0. The third-order valence-corrected chi connectivity index (χ3v) is 3.20. The molecule has 0 bridgehead atoms. The van der Waals surface area contributed by atoms with Crippen LogP contribution >= 0.6 is 0 Å². The first-order valence-electron chi connectivity index (χ1n) is 6.57. The van der Waals surface area contributed by atoms with E-state index in [9.17, 15) is 18.7 Å². The van der Waals surface area contributed by atoms with Gasteiger partial charge in [-0.25, -0.2) is 4.79 Å². The lowest BCUT2D eigenvalue weighted by atomic mass is 10.1. The number of anilines is 1. The van der Waals surface area contributed by atoms with Crippen LogP contribution in [0.4, 0.5) is 14.6 Å². The third kappa shape index (κ3) is 2.89. The summed E-state index contributed by atoms with van der Waals surface area (Å²) in [5.74, 6) is -3.42. The van der Waals surface area contributed by atoms with Crippen LogP contribution in [0.15, 0.2) is 17.1 Å². The average Bonchev–Trinajstić information content (AvgIpc) is 2.68. The highest BCUT2D eigenvalue weighted by molar-refractivity contribution is 5.31. The molecule has 0 saturated carbocycles. The van der Waals surface area contributed by atoms with E-state index < -0.39 is 36.7 Å². The fraction of sp³-hybridized carbons (Fsp3) is 0.667. The van der Waals surface area contributed by atoms with Crippen LogP contribution in [0.2, 0.25) is 0 Å². The number of alkyl halides is 2. The summed E-state index contributed by atoms with van der Waals surface area (Å²) < 4.78 is 33.3. The molecule has 1 aliphatic heterocycles. The number of nitrogens with zero attached hydrogens (tertiary/aromatic N) is 2. The fourth-order valence-corrected chi connectivity index (χ4v) is 2.06. The van der Waals surface area contributed by atoms with E-state index in [2.05, 4.69) is 10.3 Å². The minimum absolute atomic E-state index is 0.277. The van der Waals surface area contributed by atoms with Crippen LogP contribution < -0.4 is 11.0 Å². The molecule has 21 heavy (non-hydrogen) atoms. The van der Waals surface area contributed by atoms with Crippen molar-refractivity contribution >= 4 is 5.82 Å². The summed E-state index contributed by atoms with van der Waals surface area (Å²) in [5, 5.41) is 21.2. The maximum atomic E-state index is 13.9. The van der Waals surface area contributed by atoms with Gasteiger partial charge < -0.3 is 20.3 Å². The van der Waals surface area contributed by atoms with Crippen LogP contribution in [0.25, 0.3) is 0 Å². The molecule has 1 saturated heterocycles. The number of hydrogen-bond donors (Lipinski definition) is 3. The smallest absolute Gasteiger partial charge is 0.351 e. The van der Waals surface area contributed by atoms with Gasteiger partial charge in [0.25, 0.3) is 0 Å². The number of rotatable bonds is 5. The number of ether oxygens (including phenoxy) is 1. The van der Waals surface area contributed by atoms with E-state index in [-0.39, 0.29) is 5.82 Å². The molecule has 3 atom stereocenters. The van der Waals surface area contributed by atoms with E-state index in [0.717, 1.165) is 12.6 Å². The zero-order chi connectivity index (χ0) is 15.6. The first-order valence-corrected chi connectivity index (χ1v) is 6.57. The zero-order valence-electron chi connectivity index (χ0n) is 11.4. The lowest BCUT2D eigenvalue weighted by molar-refractivity contribution is -0.140. The van der Waals surface area contributed by atoms with Gasteiger partial charge in [-0.05, 0) is 12.5 Å². The molecule has 1 aromatic heterocycles. The molecule has 0 spiro atoms. The minimum Gasteiger partial charge on any atom is -0.394 e. The van der Waals surface area contributed by atoms with E-state index in [1.54, 1.807) is 0 Å². The molecule has 1 fully saturated rings. The van der Waals surface area contributed by atoms with Gasteiger partial charge in [-0.3, -0.25) is 4.57 Å². The molecule has 118 valence electrons. The van der Waals surface area contributed by atoms with E-state index in [4.69, 9.17) is 9.84 Å². The molecular weight excluding hydrogens is 288 g/mol. The summed E-state index contributed by atoms with van der Waals surface area (Å²) in [5.41, 5.74) is -0.924. The predicted octanol–water partition coefficient (Wildman–Crippen LogP) is -0.0489. The van der Waals surface area contributed by atoms with Gasteiger partial charge in [0.05, 0.1) is 6.61 Å². The second-order valence-electron chi connectivity index (χ2n) is 4.76. The summed E-state index contributed by atoms with van der Waals surface area (Å²) in [4.78, 5) is 15.5. The van der Waals surface area contributed by atoms with Gasteiger partial charge in [-0.15, -0.1) is 0 Å². The highest BCUT2D eigenvalue weighted by atomic mass is 19.3. The molecule has 0 aromatic carbocycles. The number of aromatic nitrogens is 2. The quantitative estimate of drug-likeness (QED) is 0.706. The number of aliphatic hydroxyl groups excluding tert-OH is 2. The predicted molar refractivity (Wildman–Crippen MR) is 69.2 cm³/mol. The Bertz CT molecular complexity index is 552. The normalized spacial score (nSPS) is 27.8. The van der Waals surface area contributed by atoms with Gasteiger partial charge in [-0.1, -0.05) is 6.92 Å². The van der Waals surface area contributed by atoms with Gasteiger partial charge >= 0.3 is 11.6 Å². The maximum absolute atomic E-state index is 13.9. The van der Waals surface area contributed by atoms with Crippen molar-refractivity contribution in [3.63, 3.8) is 0 Å². The number of halogens is 2. The van der Waals surface area contributed by atoms with E-state index >= 15 is 0 Å². The van der Waals surface area contributed by atoms with Crippen molar-refractivity contribution < 1.29 is 23.7 Å². The fourth-order valence-electron chi connectivity index (χ4n) is 2.06. The molecule has 9 heteroatoms. The van der Waals surface area contributed by atoms with Crippen molar-refractivity contribution in [2.45, 2.75) is 37.7 Å². The van der Waals surface area contributed by atoms with Crippen LogP contribution in [-0.2, 0) is 4.74 Å². The average molecular weight is 305 g/mol. The summed E-state index contributed by atoms with van der Waals surface area (Å²) >= 11 is 0. The molecule has 1 aliphatic rings. The van der Waals surface area contributed by atoms with Crippen molar-refractivity contribution in [3.05, 3.63) is 22.7 Å². The van der Waals surface area contributed by atoms with Crippen molar-refractivity contribution in [1.29, 1.82) is 0 Å². The molecule has 7 nitrogen and oxygen atoms in total. The SMILES string of the molecule is CCCNc1ccn([C@@H]2O[C@H](CO)[C@@H](O)C2(F)F)c(=O)n1. The van der Waals surface area contributed by atoms with Crippen LogP contribution in [0.1, 0.15) is 19.6 Å². The lowest BCUT2D eigenvalue weighted by Crippen LogP contribution is -2.41. The molecule has 0 aliphatic carbocycles. The number of hydrogen-bond acceptors (Lipinski definition) is 6. The molecular formula is C12H17F2N3O4. The van der Waals surface area contributed by atoms with Gasteiger partial charge in [0, 0.05) is 12.7 Å². The molecule has 0 amide bonds. The van der Waals surface area contributed by atoms with E-state index in [0.29, 0.717) is 11.1 Å². The Morgan fingerprint density at radius 3 is 2.81 bits per heavy atom. The summed E-state index contributed by atoms with van der Waals surface area (Å²) in [6.45, 7) is 1.75. The van der Waals surface area contributed by atoms with E-state index in [1.165, 1.54) is 6.07 Å². The van der Waals surface area contributed by atoms with Crippen molar-refractivity contribution in [2.75, 3.05) is 18.5 Å². The van der Waals surface area contributed by atoms with Gasteiger partial charge in [0.15, 0.2) is 6.10 Å². The van der Waals surface area contributed by atoms with Gasteiger partial charge in [-0.2, -0.15) is 13.8 Å². The second kappa shape index (κ2) is 6.04. The van der Waals surface area contributed by atoms with Crippen molar-refractivity contribution in [1.82, 2.24) is 9.55 Å². The summed E-state index contributed by atoms with van der Waals surface area (Å²) in [6.07, 6.45) is -3.69. The number of nitrogens with one attached hydrogen (secondary N) is 1. The Kier molecular flexibility index (Phi) is 4.55. The highest BCUT2D eigenvalue weighted by Gasteiger charge is 2.59. The Morgan fingerprint density at radius 2 is 2.29 bits per heavy atom. The minimum atomic E-state index is -3.70. The Hall–Kier alpha value is -1.58. The largest absolute Gasteiger partial charge is 0.394 e. The van der Waals surface area contributed by atoms with Crippen molar-refractivity contribution in [3.8, 4) is 0 Å². The highest BCUT2D eigenvalue weighted by Crippen LogP contribution is 2.41. The first kappa shape index (κ1) is 15.8.